The van der Waals surface area contributed by atoms with Crippen LogP contribution in [0.3, 0.4) is 0 Å². The molecule has 41 heavy (non-hydrogen) atoms. The number of amides is 2. The fourth-order valence-corrected chi connectivity index (χ4v) is 5.69. The second kappa shape index (κ2) is 11.7. The fourth-order valence-electron chi connectivity index (χ4n) is 5.69. The number of hydrogen-bond donors (Lipinski definition) is 2. The number of benzene rings is 2. The lowest BCUT2D eigenvalue weighted by atomic mass is 9.95. The second-order valence-corrected chi connectivity index (χ2v) is 11.1. The van der Waals surface area contributed by atoms with Crippen LogP contribution >= 0.6 is 0 Å². The van der Waals surface area contributed by atoms with Crippen molar-refractivity contribution in [1.29, 1.82) is 0 Å². The minimum absolute atomic E-state index is 0.0569. The Morgan fingerprint density at radius 1 is 0.854 bits per heavy atom. The van der Waals surface area contributed by atoms with Crippen LogP contribution in [-0.4, -0.2) is 74.4 Å². The van der Waals surface area contributed by atoms with Crippen molar-refractivity contribution in [2.45, 2.75) is 45.1 Å². The van der Waals surface area contributed by atoms with E-state index in [1.165, 1.54) is 26.2 Å². The van der Waals surface area contributed by atoms with Crippen LogP contribution in [0.4, 0.5) is 17.2 Å². The van der Waals surface area contributed by atoms with Crippen LogP contribution < -0.4 is 10.6 Å². The molecule has 2 aromatic carbocycles. The van der Waals surface area contributed by atoms with E-state index in [-0.39, 0.29) is 11.8 Å². The van der Waals surface area contributed by atoms with Crippen molar-refractivity contribution in [3.63, 3.8) is 0 Å². The predicted octanol–water partition coefficient (Wildman–Crippen LogP) is 5.09. The van der Waals surface area contributed by atoms with Gasteiger partial charge in [-0.1, -0.05) is 31.4 Å². The number of aromatic nitrogens is 4. The van der Waals surface area contributed by atoms with E-state index in [0.29, 0.717) is 28.8 Å². The summed E-state index contributed by atoms with van der Waals surface area (Å²) in [6.45, 7) is 4.74. The summed E-state index contributed by atoms with van der Waals surface area (Å²) < 4.78 is 2.20. The molecule has 1 saturated heterocycles. The normalized spacial score (nSPS) is 16.6. The van der Waals surface area contributed by atoms with Gasteiger partial charge in [-0.25, -0.2) is 15.0 Å². The zero-order valence-electron chi connectivity index (χ0n) is 23.6. The Hall–Kier alpha value is -4.31. The lowest BCUT2D eigenvalue weighted by molar-refractivity contribution is -0.114. The summed E-state index contributed by atoms with van der Waals surface area (Å²) in [6.07, 6.45) is 7.79. The minimum atomic E-state index is -0.114. The van der Waals surface area contributed by atoms with E-state index in [1.807, 2.05) is 59.8 Å². The second-order valence-electron chi connectivity index (χ2n) is 11.1. The van der Waals surface area contributed by atoms with Gasteiger partial charge in [-0.2, -0.15) is 0 Å². The molecule has 0 unspecified atom stereocenters. The maximum Gasteiger partial charge on any atom is 0.253 e. The number of hydrogen-bond acceptors (Lipinski definition) is 7. The molecule has 2 fully saturated rings. The van der Waals surface area contributed by atoms with Crippen LogP contribution in [0.2, 0.25) is 0 Å². The molecule has 1 saturated carbocycles. The molecule has 4 aromatic rings. The van der Waals surface area contributed by atoms with Crippen LogP contribution in [0.15, 0.2) is 54.9 Å². The average molecular weight is 553 g/mol. The molecule has 0 spiro atoms. The monoisotopic (exact) mass is 552 g/mol. The summed E-state index contributed by atoms with van der Waals surface area (Å²) in [6, 6.07) is 15.5. The molecule has 2 amide bonds. The first-order valence-corrected chi connectivity index (χ1v) is 14.4. The van der Waals surface area contributed by atoms with E-state index >= 15 is 0 Å². The molecule has 1 aliphatic carbocycles. The van der Waals surface area contributed by atoms with Gasteiger partial charge in [0.15, 0.2) is 22.8 Å². The van der Waals surface area contributed by atoms with Crippen molar-refractivity contribution in [1.82, 2.24) is 29.3 Å². The van der Waals surface area contributed by atoms with Gasteiger partial charge in [0.2, 0.25) is 5.91 Å². The summed E-state index contributed by atoms with van der Waals surface area (Å²) in [4.78, 5) is 43.3. The maximum absolute atomic E-state index is 13.1. The number of imidazole rings is 1. The van der Waals surface area contributed by atoms with E-state index < -0.39 is 0 Å². The molecular weight excluding hydrogens is 516 g/mol. The van der Waals surface area contributed by atoms with Crippen molar-refractivity contribution in [3.05, 3.63) is 60.4 Å². The van der Waals surface area contributed by atoms with Gasteiger partial charge in [-0.15, -0.1) is 0 Å². The lowest BCUT2D eigenvalue weighted by Gasteiger charge is -2.32. The van der Waals surface area contributed by atoms with Gasteiger partial charge < -0.3 is 25.0 Å². The lowest BCUT2D eigenvalue weighted by Crippen LogP contribution is -2.47. The summed E-state index contributed by atoms with van der Waals surface area (Å²) in [5.74, 6) is 1.13. The highest BCUT2D eigenvalue weighted by Gasteiger charge is 2.23. The summed E-state index contributed by atoms with van der Waals surface area (Å²) in [7, 11) is 2.08. The van der Waals surface area contributed by atoms with E-state index in [1.54, 1.807) is 0 Å². The topological polar surface area (TPSA) is 108 Å². The number of likely N-dealkylation sites (N-methyl/N-ethyl adjacent to an activating group) is 1. The SMILES string of the molecule is CC(=O)Nc1ccc(Nc2nc(-c3ccc(C(=O)N4CCN(C)CC4)cc3)nc3c2ncn3C2CCCCC2)cc1. The van der Waals surface area contributed by atoms with Crippen LogP contribution in [0, 0.1) is 0 Å². The van der Waals surface area contributed by atoms with Crippen LogP contribution in [0.1, 0.15) is 55.4 Å². The molecule has 2 aliphatic rings. The molecule has 0 radical (unpaired) electrons. The molecule has 10 nitrogen and oxygen atoms in total. The van der Waals surface area contributed by atoms with E-state index in [0.717, 1.165) is 61.6 Å². The van der Waals surface area contributed by atoms with Gasteiger partial charge in [0, 0.05) is 61.6 Å². The van der Waals surface area contributed by atoms with Crippen LogP contribution in [0.25, 0.3) is 22.6 Å². The first-order valence-electron chi connectivity index (χ1n) is 14.4. The number of piperazine rings is 1. The van der Waals surface area contributed by atoms with Gasteiger partial charge in [-0.05, 0) is 56.3 Å². The van der Waals surface area contributed by atoms with Crippen LogP contribution in [0.5, 0.6) is 0 Å². The van der Waals surface area contributed by atoms with E-state index in [2.05, 4.69) is 27.1 Å². The third kappa shape index (κ3) is 5.92. The Labute approximate surface area is 239 Å². The Balaban J connectivity index is 1.33. The minimum Gasteiger partial charge on any atom is -0.338 e. The Kier molecular flexibility index (Phi) is 7.65. The average Bonchev–Trinajstić information content (AvgIpc) is 3.43. The zero-order chi connectivity index (χ0) is 28.3. The largest absolute Gasteiger partial charge is 0.338 e. The molecule has 2 aromatic heterocycles. The van der Waals surface area contributed by atoms with Crippen molar-refractivity contribution in [2.75, 3.05) is 43.9 Å². The maximum atomic E-state index is 13.1. The van der Waals surface area contributed by atoms with Gasteiger partial charge in [0.1, 0.15) is 0 Å². The highest BCUT2D eigenvalue weighted by atomic mass is 16.2. The Bertz CT molecular complexity index is 1530. The number of nitrogens with one attached hydrogen (secondary N) is 2. The molecule has 0 atom stereocenters. The Morgan fingerprint density at radius 2 is 1.54 bits per heavy atom. The first kappa shape index (κ1) is 26.9. The summed E-state index contributed by atoms with van der Waals surface area (Å²) in [5.41, 5.74) is 4.57. The van der Waals surface area contributed by atoms with E-state index in [9.17, 15) is 9.59 Å². The van der Waals surface area contributed by atoms with Gasteiger partial charge in [0.05, 0.1) is 6.33 Å². The quantitative estimate of drug-likeness (QED) is 0.343. The highest BCUT2D eigenvalue weighted by Crippen LogP contribution is 2.33. The number of carbonyl (C=O) groups excluding carboxylic acids is 2. The molecule has 1 aliphatic heterocycles. The number of rotatable bonds is 6. The number of carbonyl (C=O) groups is 2. The fraction of sp³-hybridized carbons (Fsp3) is 0.387. The van der Waals surface area contributed by atoms with Crippen molar-refractivity contribution < 1.29 is 9.59 Å². The molecule has 212 valence electrons. The molecule has 6 rings (SSSR count). The van der Waals surface area contributed by atoms with Gasteiger partial charge in [0.25, 0.3) is 5.91 Å². The summed E-state index contributed by atoms with van der Waals surface area (Å²) >= 11 is 0. The third-order valence-electron chi connectivity index (χ3n) is 8.04. The molecular formula is C31H36N8O2. The number of fused-ring (bicyclic) bond motifs is 1. The smallest absolute Gasteiger partial charge is 0.253 e. The Morgan fingerprint density at radius 3 is 2.22 bits per heavy atom. The summed E-state index contributed by atoms with van der Waals surface area (Å²) in [5, 5.41) is 6.22. The van der Waals surface area contributed by atoms with Gasteiger partial charge in [-0.3, -0.25) is 9.59 Å². The molecule has 3 heterocycles. The third-order valence-corrected chi connectivity index (χ3v) is 8.04. The molecule has 10 heteroatoms. The van der Waals surface area contributed by atoms with Crippen molar-refractivity contribution in [3.8, 4) is 11.4 Å². The predicted molar refractivity (Wildman–Crippen MR) is 160 cm³/mol. The van der Waals surface area contributed by atoms with Crippen molar-refractivity contribution >= 4 is 40.2 Å². The van der Waals surface area contributed by atoms with Gasteiger partial charge >= 0.3 is 0 Å². The van der Waals surface area contributed by atoms with Crippen molar-refractivity contribution in [2.24, 2.45) is 0 Å². The zero-order valence-corrected chi connectivity index (χ0v) is 23.6. The van der Waals surface area contributed by atoms with Crippen LogP contribution in [-0.2, 0) is 4.79 Å². The number of anilines is 3. The number of nitrogens with zero attached hydrogens (tertiary/aromatic N) is 6. The first-order chi connectivity index (χ1) is 19.9. The van der Waals surface area contributed by atoms with E-state index in [4.69, 9.17) is 15.0 Å². The highest BCUT2D eigenvalue weighted by molar-refractivity contribution is 5.95. The standard InChI is InChI=1S/C31H36N8O2/c1-21(40)33-24-12-14-25(15-13-24)34-29-27-30(39(20-32-27)26-6-4-3-5-7-26)36-28(35-29)22-8-10-23(11-9-22)31(41)38-18-16-37(2)17-19-38/h8-15,20,26H,3-7,16-19H2,1-2H3,(H,33,40)(H,34,35,36). The molecule has 2 N–H and O–H groups in total. The molecule has 0 bridgehead atoms.